The fourth-order valence-electron chi connectivity index (χ4n) is 3.23. The highest BCUT2D eigenvalue weighted by atomic mass is 35.5. The van der Waals surface area contributed by atoms with Gasteiger partial charge in [-0.15, -0.1) is 10.2 Å². The molecule has 0 bridgehead atoms. The summed E-state index contributed by atoms with van der Waals surface area (Å²) in [4.78, 5) is 0.233. The molecule has 3 aromatic rings. The molecule has 1 saturated heterocycles. The van der Waals surface area contributed by atoms with Crippen LogP contribution < -0.4 is 0 Å². The molecule has 1 aromatic heterocycles. The Bertz CT molecular complexity index is 1130. The van der Waals surface area contributed by atoms with Gasteiger partial charge in [-0.25, -0.2) is 8.42 Å². The first-order chi connectivity index (χ1) is 14.4. The predicted octanol–water partition coefficient (Wildman–Crippen LogP) is 5.51. The zero-order valence-electron chi connectivity index (χ0n) is 15.9. The van der Waals surface area contributed by atoms with Crippen LogP contribution in [0.15, 0.2) is 57.0 Å². The Balaban J connectivity index is 1.52. The third kappa shape index (κ3) is 4.68. The topological polar surface area (TPSA) is 76.3 Å². The van der Waals surface area contributed by atoms with Crippen LogP contribution in [0, 0.1) is 0 Å². The van der Waals surface area contributed by atoms with E-state index >= 15 is 0 Å². The van der Waals surface area contributed by atoms with E-state index in [-0.39, 0.29) is 10.8 Å². The second-order valence-electron chi connectivity index (χ2n) is 6.85. The lowest BCUT2D eigenvalue weighted by atomic mass is 10.2. The number of aromatic nitrogens is 2. The van der Waals surface area contributed by atoms with Crippen LogP contribution in [-0.2, 0) is 15.8 Å². The molecule has 1 aliphatic heterocycles. The van der Waals surface area contributed by atoms with Gasteiger partial charge in [-0.05, 0) is 48.7 Å². The molecule has 0 atom stereocenters. The Hall–Kier alpha value is -1.58. The Morgan fingerprint density at radius 1 is 1.00 bits per heavy atom. The number of hydrogen-bond acceptors (Lipinski definition) is 6. The summed E-state index contributed by atoms with van der Waals surface area (Å²) in [5.74, 6) is 0.738. The molecular weight excluding hydrogens is 465 g/mol. The number of nitrogens with zero attached hydrogens (tertiary/aromatic N) is 3. The first-order valence-corrected chi connectivity index (χ1v) is 12.6. The van der Waals surface area contributed by atoms with Gasteiger partial charge in [0.1, 0.15) is 0 Å². The summed E-state index contributed by atoms with van der Waals surface area (Å²) < 4.78 is 33.1. The summed E-state index contributed by atoms with van der Waals surface area (Å²) in [6, 6.07) is 12.0. The maximum atomic E-state index is 12.9. The summed E-state index contributed by atoms with van der Waals surface area (Å²) in [5.41, 5.74) is 1.35. The van der Waals surface area contributed by atoms with Crippen LogP contribution in [0.4, 0.5) is 0 Å². The number of halogens is 2. The third-order valence-corrected chi connectivity index (χ3v) is 8.29. The Morgan fingerprint density at radius 2 is 1.70 bits per heavy atom. The fraction of sp³-hybridized carbons (Fsp3) is 0.300. The van der Waals surface area contributed by atoms with Crippen molar-refractivity contribution < 1.29 is 12.8 Å². The van der Waals surface area contributed by atoms with E-state index in [0.29, 0.717) is 39.7 Å². The molecule has 30 heavy (non-hydrogen) atoms. The lowest BCUT2D eigenvalue weighted by Crippen LogP contribution is -2.35. The van der Waals surface area contributed by atoms with Crippen molar-refractivity contribution >= 4 is 45.0 Å². The third-order valence-electron chi connectivity index (χ3n) is 4.84. The van der Waals surface area contributed by atoms with Crippen LogP contribution in [0.3, 0.4) is 0 Å². The molecule has 6 nitrogen and oxygen atoms in total. The highest BCUT2D eigenvalue weighted by molar-refractivity contribution is 7.98. The fourth-order valence-corrected chi connectivity index (χ4v) is 6.30. The van der Waals surface area contributed by atoms with Crippen LogP contribution in [0.1, 0.15) is 24.8 Å². The van der Waals surface area contributed by atoms with Crippen molar-refractivity contribution in [3.63, 3.8) is 0 Å². The highest BCUT2D eigenvalue weighted by Crippen LogP contribution is 2.32. The summed E-state index contributed by atoms with van der Waals surface area (Å²) in [6.45, 7) is 1.11. The van der Waals surface area contributed by atoms with Crippen LogP contribution in [0.2, 0.25) is 10.0 Å². The van der Waals surface area contributed by atoms with Crippen molar-refractivity contribution in [1.82, 2.24) is 14.5 Å². The van der Waals surface area contributed by atoms with Crippen LogP contribution in [0.5, 0.6) is 0 Å². The Labute approximate surface area is 189 Å². The lowest BCUT2D eigenvalue weighted by molar-refractivity contribution is 0.346. The zero-order chi connectivity index (χ0) is 21.1. The van der Waals surface area contributed by atoms with Gasteiger partial charge < -0.3 is 4.42 Å². The molecule has 0 spiro atoms. The van der Waals surface area contributed by atoms with Crippen LogP contribution in [-0.4, -0.2) is 36.0 Å². The van der Waals surface area contributed by atoms with E-state index in [4.69, 9.17) is 27.6 Å². The minimum Gasteiger partial charge on any atom is -0.411 e. The second kappa shape index (κ2) is 9.28. The van der Waals surface area contributed by atoms with Crippen molar-refractivity contribution in [3.8, 4) is 11.5 Å². The van der Waals surface area contributed by atoms with Crippen molar-refractivity contribution in [1.29, 1.82) is 0 Å². The molecule has 1 fully saturated rings. The number of sulfonamides is 1. The van der Waals surface area contributed by atoms with Gasteiger partial charge in [0, 0.05) is 34.5 Å². The van der Waals surface area contributed by atoms with Crippen molar-refractivity contribution in [3.05, 3.63) is 58.1 Å². The molecule has 0 radical (unpaired) electrons. The second-order valence-corrected chi connectivity index (χ2v) is 10.5. The molecule has 4 rings (SSSR count). The Kier molecular flexibility index (Phi) is 6.69. The van der Waals surface area contributed by atoms with Crippen molar-refractivity contribution in [2.75, 3.05) is 13.1 Å². The maximum Gasteiger partial charge on any atom is 0.277 e. The van der Waals surface area contributed by atoms with Gasteiger partial charge in [0.05, 0.1) is 4.90 Å². The quantitative estimate of drug-likeness (QED) is 0.430. The molecule has 0 saturated carbocycles. The standard InChI is InChI=1S/C20H19Cl2N3O3S2/c21-17-8-5-9-18(22)16(17)13-29-20-24-23-19(28-20)14-6-4-7-15(12-14)30(26,27)25-10-2-1-3-11-25/h4-9,12H,1-3,10-11,13H2. The van der Waals surface area contributed by atoms with Crippen molar-refractivity contribution in [2.24, 2.45) is 0 Å². The van der Waals surface area contributed by atoms with Crippen molar-refractivity contribution in [2.45, 2.75) is 35.1 Å². The van der Waals surface area contributed by atoms with E-state index in [1.54, 1.807) is 42.5 Å². The molecule has 0 unspecified atom stereocenters. The summed E-state index contributed by atoms with van der Waals surface area (Å²) in [7, 11) is -3.53. The van der Waals surface area contributed by atoms with Gasteiger partial charge in [0.2, 0.25) is 15.9 Å². The monoisotopic (exact) mass is 483 g/mol. The van der Waals surface area contributed by atoms with E-state index in [0.717, 1.165) is 24.8 Å². The SMILES string of the molecule is O=S(=O)(c1cccc(-c2nnc(SCc3c(Cl)cccc3Cl)o2)c1)N1CCCCC1. The van der Waals surface area contributed by atoms with Crippen LogP contribution in [0.25, 0.3) is 11.5 Å². The Morgan fingerprint density at radius 3 is 2.43 bits per heavy atom. The van der Waals surface area contributed by atoms with E-state index in [9.17, 15) is 8.42 Å². The summed E-state index contributed by atoms with van der Waals surface area (Å²) in [6.07, 6.45) is 2.84. The molecule has 2 aromatic carbocycles. The molecule has 2 heterocycles. The summed E-state index contributed by atoms with van der Waals surface area (Å²) >= 11 is 13.7. The van der Waals surface area contributed by atoms with E-state index in [1.165, 1.54) is 16.1 Å². The van der Waals surface area contributed by atoms with Gasteiger partial charge in [-0.1, -0.05) is 53.5 Å². The van der Waals surface area contributed by atoms with E-state index in [2.05, 4.69) is 10.2 Å². The number of thioether (sulfide) groups is 1. The summed E-state index contributed by atoms with van der Waals surface area (Å²) in [5, 5.41) is 9.62. The van der Waals surface area contributed by atoms with E-state index < -0.39 is 10.0 Å². The van der Waals surface area contributed by atoms with Gasteiger partial charge in [0.25, 0.3) is 5.22 Å². The molecule has 10 heteroatoms. The number of hydrogen-bond donors (Lipinski definition) is 0. The normalized spacial score (nSPS) is 15.4. The smallest absolute Gasteiger partial charge is 0.277 e. The minimum atomic E-state index is -3.53. The first-order valence-electron chi connectivity index (χ1n) is 9.45. The largest absolute Gasteiger partial charge is 0.411 e. The number of piperidine rings is 1. The van der Waals surface area contributed by atoms with Gasteiger partial charge in [-0.3, -0.25) is 0 Å². The number of rotatable bonds is 6. The number of benzene rings is 2. The van der Waals surface area contributed by atoms with Crippen LogP contribution >= 0.6 is 35.0 Å². The molecule has 0 amide bonds. The average Bonchev–Trinajstić information content (AvgIpc) is 3.23. The maximum absolute atomic E-state index is 12.9. The van der Waals surface area contributed by atoms with Gasteiger partial charge >= 0.3 is 0 Å². The molecule has 158 valence electrons. The first kappa shape index (κ1) is 21.6. The molecular formula is C20H19Cl2N3O3S2. The molecule has 0 N–H and O–H groups in total. The average molecular weight is 484 g/mol. The van der Waals surface area contributed by atoms with E-state index in [1.807, 2.05) is 0 Å². The zero-order valence-corrected chi connectivity index (χ0v) is 19.1. The predicted molar refractivity (Wildman–Crippen MR) is 118 cm³/mol. The highest BCUT2D eigenvalue weighted by Gasteiger charge is 2.26. The van der Waals surface area contributed by atoms with Gasteiger partial charge in [-0.2, -0.15) is 4.31 Å². The molecule has 1 aliphatic rings. The molecule has 0 aliphatic carbocycles. The lowest BCUT2D eigenvalue weighted by Gasteiger charge is -2.25. The minimum absolute atomic E-state index is 0.233. The van der Waals surface area contributed by atoms with Gasteiger partial charge in [0.15, 0.2) is 0 Å².